The Morgan fingerprint density at radius 3 is 2.80 bits per heavy atom. The summed E-state index contributed by atoms with van der Waals surface area (Å²) in [6, 6.07) is 8.15. The molecule has 0 fully saturated rings. The Hall–Kier alpha value is -2.41. The van der Waals surface area contributed by atoms with E-state index in [1.54, 1.807) is 24.3 Å². The molecule has 0 saturated heterocycles. The predicted octanol–water partition coefficient (Wildman–Crippen LogP) is 1.68. The van der Waals surface area contributed by atoms with Gasteiger partial charge in [-0.3, -0.25) is 4.98 Å². The van der Waals surface area contributed by atoms with Crippen LogP contribution >= 0.6 is 0 Å². The van der Waals surface area contributed by atoms with Gasteiger partial charge in [0.2, 0.25) is 0 Å². The first-order chi connectivity index (χ1) is 9.63. The number of methoxy groups -OCH3 is 1. The first-order valence-electron chi connectivity index (χ1n) is 5.79. The van der Waals surface area contributed by atoms with Crippen molar-refractivity contribution in [1.82, 2.24) is 13.9 Å². The lowest BCUT2D eigenvalue weighted by Crippen LogP contribution is -2.12. The van der Waals surface area contributed by atoms with E-state index >= 15 is 0 Å². The van der Waals surface area contributed by atoms with Crippen LogP contribution in [0.1, 0.15) is 0 Å². The third-order valence-electron chi connectivity index (χ3n) is 2.91. The lowest BCUT2D eigenvalue weighted by Gasteiger charge is -2.06. The molecule has 0 aliphatic rings. The molecular weight excluding hydrogens is 278 g/mol. The highest BCUT2D eigenvalue weighted by Crippen LogP contribution is 2.23. The number of pyridine rings is 1. The summed E-state index contributed by atoms with van der Waals surface area (Å²) in [5, 5.41) is 0. The predicted molar refractivity (Wildman–Crippen MR) is 73.1 cm³/mol. The largest absolute Gasteiger partial charge is 0.497 e. The van der Waals surface area contributed by atoms with E-state index < -0.39 is 10.0 Å². The molecule has 102 valence electrons. The number of benzene rings is 1. The molecule has 1 aromatic carbocycles. The van der Waals surface area contributed by atoms with Crippen LogP contribution in [0.15, 0.2) is 53.9 Å². The molecule has 0 N–H and O–H groups in total. The SMILES string of the molecule is COc1ccc2ncn(S(=O)(=O)c3cccnc3)c2c1. The second-order valence-corrected chi connectivity index (χ2v) is 5.90. The van der Waals surface area contributed by atoms with Gasteiger partial charge < -0.3 is 4.74 Å². The van der Waals surface area contributed by atoms with Gasteiger partial charge in [0, 0.05) is 18.5 Å². The smallest absolute Gasteiger partial charge is 0.271 e. The molecule has 0 aliphatic heterocycles. The summed E-state index contributed by atoms with van der Waals surface area (Å²) in [6.07, 6.45) is 4.11. The first-order valence-corrected chi connectivity index (χ1v) is 7.23. The molecule has 0 radical (unpaired) electrons. The summed E-state index contributed by atoms with van der Waals surface area (Å²) >= 11 is 0. The standard InChI is InChI=1S/C13H11N3O3S/c1-19-10-4-5-12-13(7-10)16(9-15-12)20(17,18)11-3-2-6-14-8-11/h2-9H,1H3. The van der Waals surface area contributed by atoms with Crippen molar-refractivity contribution in [3.63, 3.8) is 0 Å². The van der Waals surface area contributed by atoms with E-state index in [0.717, 1.165) is 3.97 Å². The molecule has 2 heterocycles. The zero-order valence-corrected chi connectivity index (χ0v) is 11.4. The van der Waals surface area contributed by atoms with Crippen LogP contribution in [0.5, 0.6) is 5.75 Å². The summed E-state index contributed by atoms with van der Waals surface area (Å²) in [7, 11) is -2.19. The molecule has 0 bridgehead atoms. The maximum atomic E-state index is 12.6. The summed E-state index contributed by atoms with van der Waals surface area (Å²) in [5.74, 6) is 0.570. The van der Waals surface area contributed by atoms with Crippen molar-refractivity contribution in [1.29, 1.82) is 0 Å². The molecule has 0 atom stereocenters. The quantitative estimate of drug-likeness (QED) is 0.733. The highest BCUT2D eigenvalue weighted by molar-refractivity contribution is 7.90. The number of aromatic nitrogens is 3. The minimum absolute atomic E-state index is 0.113. The van der Waals surface area contributed by atoms with Crippen LogP contribution in [0.4, 0.5) is 0 Å². The van der Waals surface area contributed by atoms with Crippen LogP contribution in [0, 0.1) is 0 Å². The molecular formula is C13H11N3O3S. The zero-order chi connectivity index (χ0) is 14.2. The fourth-order valence-corrected chi connectivity index (χ4v) is 3.15. The monoisotopic (exact) mass is 289 g/mol. The molecule has 7 heteroatoms. The molecule has 0 saturated carbocycles. The van der Waals surface area contributed by atoms with Gasteiger partial charge in [-0.15, -0.1) is 0 Å². The number of rotatable bonds is 3. The first kappa shape index (κ1) is 12.6. The van der Waals surface area contributed by atoms with Gasteiger partial charge in [0.25, 0.3) is 10.0 Å². The second-order valence-electron chi connectivity index (χ2n) is 4.09. The van der Waals surface area contributed by atoms with Crippen LogP contribution in [0.25, 0.3) is 11.0 Å². The highest BCUT2D eigenvalue weighted by atomic mass is 32.2. The van der Waals surface area contributed by atoms with E-state index in [1.165, 1.54) is 31.9 Å². The Balaban J connectivity index is 2.24. The van der Waals surface area contributed by atoms with Gasteiger partial charge in [-0.25, -0.2) is 17.4 Å². The average molecular weight is 289 g/mol. The van der Waals surface area contributed by atoms with Crippen LogP contribution in [-0.4, -0.2) is 29.5 Å². The van der Waals surface area contributed by atoms with Crippen molar-refractivity contribution in [2.24, 2.45) is 0 Å². The van der Waals surface area contributed by atoms with E-state index in [9.17, 15) is 8.42 Å². The molecule has 3 rings (SSSR count). The van der Waals surface area contributed by atoms with Crippen molar-refractivity contribution in [3.8, 4) is 5.75 Å². The normalized spacial score (nSPS) is 11.7. The number of imidazole rings is 1. The van der Waals surface area contributed by atoms with E-state index in [1.807, 2.05) is 0 Å². The number of fused-ring (bicyclic) bond motifs is 1. The molecule has 3 aromatic rings. The van der Waals surface area contributed by atoms with E-state index in [-0.39, 0.29) is 4.90 Å². The van der Waals surface area contributed by atoms with Crippen LogP contribution < -0.4 is 4.74 Å². The molecule has 0 spiro atoms. The van der Waals surface area contributed by atoms with E-state index in [2.05, 4.69) is 9.97 Å². The van der Waals surface area contributed by atoms with Gasteiger partial charge in [-0.1, -0.05) is 0 Å². The molecule has 0 aliphatic carbocycles. The van der Waals surface area contributed by atoms with Gasteiger partial charge in [-0.2, -0.15) is 0 Å². The van der Waals surface area contributed by atoms with Gasteiger partial charge in [0.05, 0.1) is 18.1 Å². The van der Waals surface area contributed by atoms with Gasteiger partial charge in [0.1, 0.15) is 17.0 Å². The molecule has 0 unspecified atom stereocenters. The Morgan fingerprint density at radius 1 is 1.25 bits per heavy atom. The third-order valence-corrected chi connectivity index (χ3v) is 4.56. The molecule has 0 amide bonds. The molecule has 6 nitrogen and oxygen atoms in total. The second kappa shape index (κ2) is 4.61. The van der Waals surface area contributed by atoms with E-state index in [4.69, 9.17) is 4.74 Å². The number of ether oxygens (including phenoxy) is 1. The Morgan fingerprint density at radius 2 is 2.10 bits per heavy atom. The van der Waals surface area contributed by atoms with Gasteiger partial charge in [0.15, 0.2) is 0 Å². The summed E-state index contributed by atoms with van der Waals surface area (Å²) in [6.45, 7) is 0. The number of hydrogen-bond donors (Lipinski definition) is 0. The maximum Gasteiger partial charge on any atom is 0.271 e. The van der Waals surface area contributed by atoms with Crippen molar-refractivity contribution in [2.75, 3.05) is 7.11 Å². The minimum Gasteiger partial charge on any atom is -0.497 e. The fourth-order valence-electron chi connectivity index (χ4n) is 1.90. The zero-order valence-electron chi connectivity index (χ0n) is 10.6. The van der Waals surface area contributed by atoms with Crippen LogP contribution in [0.3, 0.4) is 0 Å². The maximum absolute atomic E-state index is 12.6. The van der Waals surface area contributed by atoms with Crippen LogP contribution in [0.2, 0.25) is 0 Å². The topological polar surface area (TPSA) is 74.1 Å². The van der Waals surface area contributed by atoms with Crippen molar-refractivity contribution in [3.05, 3.63) is 49.1 Å². The molecule has 2 aromatic heterocycles. The Bertz CT molecular complexity index is 857. The lowest BCUT2D eigenvalue weighted by molar-refractivity contribution is 0.415. The van der Waals surface area contributed by atoms with Gasteiger partial charge in [-0.05, 0) is 24.3 Å². The van der Waals surface area contributed by atoms with E-state index in [0.29, 0.717) is 16.8 Å². The van der Waals surface area contributed by atoms with Crippen molar-refractivity contribution in [2.45, 2.75) is 4.90 Å². The average Bonchev–Trinajstić information content (AvgIpc) is 2.91. The fraction of sp³-hybridized carbons (Fsp3) is 0.0769. The summed E-state index contributed by atoms with van der Waals surface area (Å²) < 4.78 is 31.3. The summed E-state index contributed by atoms with van der Waals surface area (Å²) in [5.41, 5.74) is 1.05. The van der Waals surface area contributed by atoms with Gasteiger partial charge >= 0.3 is 0 Å². The lowest BCUT2D eigenvalue weighted by atomic mass is 10.3. The van der Waals surface area contributed by atoms with Crippen molar-refractivity contribution < 1.29 is 13.2 Å². The van der Waals surface area contributed by atoms with Crippen LogP contribution in [-0.2, 0) is 10.0 Å². The summed E-state index contributed by atoms with van der Waals surface area (Å²) in [4.78, 5) is 8.04. The molecule has 20 heavy (non-hydrogen) atoms. The highest BCUT2D eigenvalue weighted by Gasteiger charge is 2.19. The Kier molecular flexibility index (Phi) is 2.90. The minimum atomic E-state index is -3.71. The third kappa shape index (κ3) is 1.92. The number of hydrogen-bond acceptors (Lipinski definition) is 5. The van der Waals surface area contributed by atoms with Crippen molar-refractivity contribution >= 4 is 21.1 Å². The number of nitrogens with zero attached hydrogens (tertiary/aromatic N) is 3. The Labute approximate surface area is 115 Å².